The molecule has 0 unspecified atom stereocenters. The first-order valence-corrected chi connectivity index (χ1v) is 12.2. The summed E-state index contributed by atoms with van der Waals surface area (Å²) in [6.07, 6.45) is 8.12. The van der Waals surface area contributed by atoms with Crippen LogP contribution in [0.15, 0.2) is 12.1 Å². The lowest BCUT2D eigenvalue weighted by atomic mass is 9.49. The third-order valence-electron chi connectivity index (χ3n) is 8.38. The molecule has 2 amide bonds. The number of amides is 2. The molecular formula is C25H33F2N3O3. The minimum absolute atomic E-state index is 0.00209. The number of hydrogen-bond donors (Lipinski definition) is 2. The third-order valence-corrected chi connectivity index (χ3v) is 8.38. The van der Waals surface area contributed by atoms with Crippen LogP contribution in [0.2, 0.25) is 0 Å². The average Bonchev–Trinajstić information content (AvgIpc) is 2.75. The van der Waals surface area contributed by atoms with Crippen LogP contribution >= 0.6 is 0 Å². The summed E-state index contributed by atoms with van der Waals surface area (Å²) in [5, 5.41) is 12.7. The molecule has 33 heavy (non-hydrogen) atoms. The maximum absolute atomic E-state index is 13.5. The predicted octanol–water partition coefficient (Wildman–Crippen LogP) is 3.04. The van der Waals surface area contributed by atoms with Crippen molar-refractivity contribution >= 4 is 11.8 Å². The maximum Gasteiger partial charge on any atom is 0.242 e. The first-order chi connectivity index (χ1) is 15.8. The molecule has 1 heterocycles. The van der Waals surface area contributed by atoms with Gasteiger partial charge in [0.25, 0.3) is 0 Å². The minimum Gasteiger partial charge on any atom is -0.508 e. The number of nitrogens with zero attached hydrogens (tertiary/aromatic N) is 2. The van der Waals surface area contributed by atoms with Crippen molar-refractivity contribution in [1.29, 1.82) is 0 Å². The van der Waals surface area contributed by atoms with Crippen molar-refractivity contribution in [3.63, 3.8) is 0 Å². The Morgan fingerprint density at radius 2 is 1.55 bits per heavy atom. The summed E-state index contributed by atoms with van der Waals surface area (Å²) in [5.41, 5.74) is 0.490. The quantitative estimate of drug-likeness (QED) is 0.683. The second-order valence-corrected chi connectivity index (χ2v) is 10.9. The van der Waals surface area contributed by atoms with Gasteiger partial charge in [0.1, 0.15) is 5.75 Å². The highest BCUT2D eigenvalue weighted by Gasteiger charge is 2.51. The largest absolute Gasteiger partial charge is 0.508 e. The number of nitrogens with one attached hydrogen (secondary N) is 1. The fourth-order valence-electron chi connectivity index (χ4n) is 7.30. The number of carbonyl (C=O) groups excluding carboxylic acids is 2. The zero-order valence-electron chi connectivity index (χ0n) is 19.0. The van der Waals surface area contributed by atoms with E-state index >= 15 is 0 Å². The minimum atomic E-state index is -1.07. The molecule has 0 spiro atoms. The molecule has 180 valence electrons. The Hall–Kier alpha value is -2.22. The summed E-state index contributed by atoms with van der Waals surface area (Å²) < 4.78 is 26.7. The monoisotopic (exact) mass is 461 g/mol. The van der Waals surface area contributed by atoms with Crippen molar-refractivity contribution in [2.45, 2.75) is 51.5 Å². The van der Waals surface area contributed by atoms with E-state index in [1.54, 1.807) is 4.90 Å². The van der Waals surface area contributed by atoms with Crippen molar-refractivity contribution in [3.8, 4) is 5.75 Å². The molecule has 6 nitrogen and oxygen atoms in total. The van der Waals surface area contributed by atoms with Crippen molar-refractivity contribution in [3.05, 3.63) is 29.3 Å². The molecule has 5 aliphatic rings. The molecule has 0 radical (unpaired) electrons. The Labute approximate surface area is 193 Å². The van der Waals surface area contributed by atoms with Gasteiger partial charge in [0.2, 0.25) is 11.8 Å². The molecule has 4 bridgehead atoms. The van der Waals surface area contributed by atoms with Gasteiger partial charge in [0.05, 0.1) is 6.54 Å². The van der Waals surface area contributed by atoms with E-state index in [0.29, 0.717) is 38.2 Å². The number of halogens is 2. The fourth-order valence-corrected chi connectivity index (χ4v) is 7.30. The molecular weight excluding hydrogens is 428 g/mol. The Kier molecular flexibility index (Phi) is 6.05. The van der Waals surface area contributed by atoms with E-state index in [4.69, 9.17) is 0 Å². The number of phenols is 1. The molecule has 2 N–H and O–H groups in total. The standard InChI is InChI=1S/C25H33F2N3O3/c26-20-8-19(22(31)9-21(20)27)15-29-1-3-30(4-2-29)24(33)14-28-23(32)13-25-10-16-5-17(11-25)7-18(6-16)12-25/h8-9,16-18,31H,1-7,10-15H2,(H,28,32). The molecule has 1 aromatic carbocycles. The number of carbonyl (C=O) groups is 2. The van der Waals surface area contributed by atoms with Gasteiger partial charge in [0.15, 0.2) is 11.6 Å². The normalized spacial score (nSPS) is 31.1. The van der Waals surface area contributed by atoms with Gasteiger partial charge in [-0.15, -0.1) is 0 Å². The molecule has 1 saturated heterocycles. The summed E-state index contributed by atoms with van der Waals surface area (Å²) >= 11 is 0. The highest BCUT2D eigenvalue weighted by molar-refractivity contribution is 5.85. The molecule has 8 heteroatoms. The summed E-state index contributed by atoms with van der Waals surface area (Å²) in [6.45, 7) is 2.42. The highest BCUT2D eigenvalue weighted by Crippen LogP contribution is 2.61. The number of hydrogen-bond acceptors (Lipinski definition) is 4. The SMILES string of the molecule is O=C(CC12CC3CC(CC(C3)C1)C2)NCC(=O)N1CCN(Cc2cc(F)c(F)cc2O)CC1. The molecule has 1 aromatic rings. The van der Waals surface area contributed by atoms with E-state index in [-0.39, 0.29) is 36.1 Å². The van der Waals surface area contributed by atoms with Crippen LogP contribution in [0, 0.1) is 34.8 Å². The van der Waals surface area contributed by atoms with Crippen LogP contribution < -0.4 is 5.32 Å². The zero-order chi connectivity index (χ0) is 23.2. The summed E-state index contributed by atoms with van der Waals surface area (Å²) in [7, 11) is 0. The van der Waals surface area contributed by atoms with E-state index in [0.717, 1.165) is 29.9 Å². The van der Waals surface area contributed by atoms with Crippen LogP contribution in [0.5, 0.6) is 5.75 Å². The van der Waals surface area contributed by atoms with Gasteiger partial charge in [-0.3, -0.25) is 14.5 Å². The summed E-state index contributed by atoms with van der Waals surface area (Å²) in [6, 6.07) is 1.80. The average molecular weight is 462 g/mol. The highest BCUT2D eigenvalue weighted by atomic mass is 19.2. The second-order valence-electron chi connectivity index (χ2n) is 10.9. The number of rotatable bonds is 6. The topological polar surface area (TPSA) is 72.9 Å². The Bertz CT molecular complexity index is 894. The van der Waals surface area contributed by atoms with Gasteiger partial charge in [0, 0.05) is 50.8 Å². The molecule has 0 aromatic heterocycles. The Morgan fingerprint density at radius 3 is 2.15 bits per heavy atom. The molecule has 6 rings (SSSR count). The van der Waals surface area contributed by atoms with Gasteiger partial charge >= 0.3 is 0 Å². The van der Waals surface area contributed by atoms with Gasteiger partial charge < -0.3 is 15.3 Å². The number of piperazine rings is 1. The Morgan fingerprint density at radius 1 is 0.970 bits per heavy atom. The van der Waals surface area contributed by atoms with Gasteiger partial charge in [-0.25, -0.2) is 8.78 Å². The van der Waals surface area contributed by atoms with Crippen molar-refractivity contribution < 1.29 is 23.5 Å². The number of benzene rings is 1. The lowest BCUT2D eigenvalue weighted by Crippen LogP contribution is -2.51. The first kappa shape index (κ1) is 22.6. The van der Waals surface area contributed by atoms with E-state index in [1.807, 2.05) is 4.90 Å². The van der Waals surface area contributed by atoms with Gasteiger partial charge in [-0.2, -0.15) is 0 Å². The zero-order valence-corrected chi connectivity index (χ0v) is 19.0. The number of aromatic hydroxyl groups is 1. The van der Waals surface area contributed by atoms with Crippen LogP contribution in [0.1, 0.15) is 50.5 Å². The van der Waals surface area contributed by atoms with Crippen molar-refractivity contribution in [2.24, 2.45) is 23.2 Å². The van der Waals surface area contributed by atoms with Crippen LogP contribution in [0.25, 0.3) is 0 Å². The van der Waals surface area contributed by atoms with Gasteiger partial charge in [-0.1, -0.05) is 0 Å². The van der Waals surface area contributed by atoms with Crippen LogP contribution in [-0.2, 0) is 16.1 Å². The van der Waals surface area contributed by atoms with E-state index in [9.17, 15) is 23.5 Å². The molecule has 0 atom stereocenters. The lowest BCUT2D eigenvalue weighted by molar-refractivity contribution is -0.136. The van der Waals surface area contributed by atoms with Crippen LogP contribution in [0.4, 0.5) is 8.78 Å². The van der Waals surface area contributed by atoms with E-state index in [1.165, 1.54) is 38.5 Å². The number of phenolic OH excluding ortho intramolecular Hbond substituents is 1. The molecule has 5 fully saturated rings. The summed E-state index contributed by atoms with van der Waals surface area (Å²) in [4.78, 5) is 29.0. The van der Waals surface area contributed by atoms with E-state index < -0.39 is 11.6 Å². The van der Waals surface area contributed by atoms with Crippen LogP contribution in [0.3, 0.4) is 0 Å². The smallest absolute Gasteiger partial charge is 0.242 e. The fraction of sp³-hybridized carbons (Fsp3) is 0.680. The second kappa shape index (κ2) is 8.85. The lowest BCUT2D eigenvalue weighted by Gasteiger charge is -2.56. The molecule has 1 aliphatic heterocycles. The first-order valence-electron chi connectivity index (χ1n) is 12.2. The van der Waals surface area contributed by atoms with E-state index in [2.05, 4.69) is 5.32 Å². The maximum atomic E-state index is 13.5. The van der Waals surface area contributed by atoms with Gasteiger partial charge in [-0.05, 0) is 67.8 Å². The van der Waals surface area contributed by atoms with Crippen LogP contribution in [-0.4, -0.2) is 59.4 Å². The molecule has 4 aliphatic carbocycles. The molecule has 4 saturated carbocycles. The van der Waals surface area contributed by atoms with Crippen molar-refractivity contribution in [1.82, 2.24) is 15.1 Å². The third kappa shape index (κ3) is 4.86. The Balaban J connectivity index is 1.06. The summed E-state index contributed by atoms with van der Waals surface area (Å²) in [5.74, 6) is -0.0187. The van der Waals surface area contributed by atoms with Crippen molar-refractivity contribution in [2.75, 3.05) is 32.7 Å². The predicted molar refractivity (Wildman–Crippen MR) is 118 cm³/mol.